The van der Waals surface area contributed by atoms with Gasteiger partial charge in [0, 0.05) is 4.88 Å². The number of thiophene rings is 1. The number of amides is 4. The maximum atomic E-state index is 13.3. The maximum absolute atomic E-state index is 13.3. The number of imide groups is 1. The van der Waals surface area contributed by atoms with Gasteiger partial charge in [0.25, 0.3) is 5.91 Å². The number of carbonyl (C=O) groups excluding carboxylic acids is 4. The highest BCUT2D eigenvalue weighted by Gasteiger charge is 2.45. The van der Waals surface area contributed by atoms with Gasteiger partial charge in [0.05, 0.1) is 24.9 Å². The molecule has 0 radical (unpaired) electrons. The number of anilines is 1. The van der Waals surface area contributed by atoms with Gasteiger partial charge in [-0.15, -0.1) is 11.3 Å². The number of hydrogen-bond acceptors (Lipinski definition) is 5. The topological polar surface area (TPSA) is 86.8 Å². The van der Waals surface area contributed by atoms with Crippen LogP contribution in [0.3, 0.4) is 0 Å². The zero-order valence-corrected chi connectivity index (χ0v) is 18.3. The zero-order chi connectivity index (χ0) is 23.4. The third kappa shape index (κ3) is 5.15. The fraction of sp³-hybridized carbons (Fsp3) is 0.167. The molecule has 9 heteroatoms. The monoisotopic (exact) mass is 465 g/mol. The minimum Gasteiger partial charge on any atom is -0.274 e. The lowest BCUT2D eigenvalue weighted by atomic mass is 10.1. The van der Waals surface area contributed by atoms with E-state index in [9.17, 15) is 23.6 Å². The first-order valence-corrected chi connectivity index (χ1v) is 11.1. The Morgan fingerprint density at radius 3 is 2.39 bits per heavy atom. The second-order valence-electron chi connectivity index (χ2n) is 7.48. The molecule has 2 heterocycles. The van der Waals surface area contributed by atoms with Crippen LogP contribution < -0.4 is 10.3 Å². The van der Waals surface area contributed by atoms with Gasteiger partial charge >= 0.3 is 0 Å². The molecular formula is C24H20FN3O4S. The Kier molecular flexibility index (Phi) is 6.60. The van der Waals surface area contributed by atoms with Crippen molar-refractivity contribution in [2.45, 2.75) is 25.3 Å². The van der Waals surface area contributed by atoms with Crippen molar-refractivity contribution in [2.24, 2.45) is 0 Å². The fourth-order valence-corrected chi connectivity index (χ4v) is 4.29. The normalized spacial score (nSPS) is 15.5. The predicted octanol–water partition coefficient (Wildman–Crippen LogP) is 2.86. The van der Waals surface area contributed by atoms with Crippen LogP contribution in [-0.2, 0) is 32.0 Å². The Labute approximate surface area is 193 Å². The summed E-state index contributed by atoms with van der Waals surface area (Å²) in [6.45, 7) is 0. The molecule has 1 aliphatic heterocycles. The molecule has 33 heavy (non-hydrogen) atoms. The molecule has 4 rings (SSSR count). The van der Waals surface area contributed by atoms with Crippen LogP contribution in [0.1, 0.15) is 16.9 Å². The summed E-state index contributed by atoms with van der Waals surface area (Å²) in [5.41, 5.74) is 3.48. The van der Waals surface area contributed by atoms with E-state index in [2.05, 4.69) is 5.43 Å². The summed E-state index contributed by atoms with van der Waals surface area (Å²) in [5, 5.41) is 2.79. The van der Waals surface area contributed by atoms with E-state index < -0.39 is 35.5 Å². The van der Waals surface area contributed by atoms with Crippen molar-refractivity contribution >= 4 is 40.7 Å². The lowest BCUT2D eigenvalue weighted by Crippen LogP contribution is -2.55. The summed E-state index contributed by atoms with van der Waals surface area (Å²) < 4.78 is 13.3. The second kappa shape index (κ2) is 9.74. The van der Waals surface area contributed by atoms with Crippen LogP contribution in [0.25, 0.3) is 0 Å². The van der Waals surface area contributed by atoms with Gasteiger partial charge in [-0.1, -0.05) is 36.4 Å². The Balaban J connectivity index is 1.57. The lowest BCUT2D eigenvalue weighted by molar-refractivity contribution is -0.146. The maximum Gasteiger partial charge on any atom is 0.259 e. The number of rotatable bonds is 6. The number of hydrogen-bond donors (Lipinski definition) is 1. The smallest absolute Gasteiger partial charge is 0.259 e. The van der Waals surface area contributed by atoms with E-state index in [4.69, 9.17) is 0 Å². The van der Waals surface area contributed by atoms with E-state index >= 15 is 0 Å². The molecule has 168 valence electrons. The highest BCUT2D eigenvalue weighted by atomic mass is 32.1. The predicted molar refractivity (Wildman–Crippen MR) is 120 cm³/mol. The SMILES string of the molecule is O=C(Cc1ccccc1)NN(C(=O)Cc1cccs1)C1CC(=O)N(c2ccc(F)cc2)C1=O. The number of benzene rings is 2. The van der Waals surface area contributed by atoms with E-state index in [0.29, 0.717) is 0 Å². The van der Waals surface area contributed by atoms with Crippen molar-refractivity contribution in [3.05, 3.63) is 88.4 Å². The molecule has 7 nitrogen and oxygen atoms in total. The van der Waals surface area contributed by atoms with Gasteiger partial charge in [-0.3, -0.25) is 24.6 Å². The lowest BCUT2D eigenvalue weighted by Gasteiger charge is -2.28. The summed E-state index contributed by atoms with van der Waals surface area (Å²) in [5.74, 6) is -2.70. The quantitative estimate of drug-likeness (QED) is 0.448. The van der Waals surface area contributed by atoms with Crippen molar-refractivity contribution in [1.29, 1.82) is 0 Å². The first-order valence-electron chi connectivity index (χ1n) is 10.2. The van der Waals surface area contributed by atoms with Crippen molar-refractivity contribution < 1.29 is 23.6 Å². The van der Waals surface area contributed by atoms with Crippen molar-refractivity contribution in [3.63, 3.8) is 0 Å². The molecule has 1 atom stereocenters. The average molecular weight is 466 g/mol. The van der Waals surface area contributed by atoms with E-state index in [-0.39, 0.29) is 24.9 Å². The zero-order valence-electron chi connectivity index (χ0n) is 17.4. The number of carbonyl (C=O) groups is 4. The minimum atomic E-state index is -1.20. The molecule has 3 aromatic rings. The molecule has 4 amide bonds. The van der Waals surface area contributed by atoms with Crippen LogP contribution in [0, 0.1) is 5.82 Å². The van der Waals surface area contributed by atoms with Crippen LogP contribution >= 0.6 is 11.3 Å². The largest absolute Gasteiger partial charge is 0.274 e. The molecule has 0 bridgehead atoms. The van der Waals surface area contributed by atoms with Crippen LogP contribution in [0.4, 0.5) is 10.1 Å². The number of halogens is 1. The summed E-state index contributed by atoms with van der Waals surface area (Å²) in [4.78, 5) is 53.3. The van der Waals surface area contributed by atoms with Crippen molar-refractivity contribution in [2.75, 3.05) is 4.90 Å². The molecule has 1 aliphatic rings. The molecule has 0 aliphatic carbocycles. The highest BCUT2D eigenvalue weighted by Crippen LogP contribution is 2.26. The Bertz CT molecular complexity index is 1170. The highest BCUT2D eigenvalue weighted by molar-refractivity contribution is 7.10. The van der Waals surface area contributed by atoms with Gasteiger partial charge < -0.3 is 0 Å². The third-order valence-corrected chi connectivity index (χ3v) is 6.02. The molecule has 0 saturated carbocycles. The number of nitrogens with zero attached hydrogens (tertiary/aromatic N) is 2. The van der Waals surface area contributed by atoms with Crippen LogP contribution in [0.15, 0.2) is 72.1 Å². The first kappa shape index (κ1) is 22.3. The summed E-state index contributed by atoms with van der Waals surface area (Å²) in [7, 11) is 0. The Morgan fingerprint density at radius 2 is 1.73 bits per heavy atom. The summed E-state index contributed by atoms with van der Waals surface area (Å²) in [6.07, 6.45) is -0.323. The molecule has 1 fully saturated rings. The number of hydrazine groups is 1. The van der Waals surface area contributed by atoms with Crippen molar-refractivity contribution in [1.82, 2.24) is 10.4 Å². The molecule has 1 N–H and O–H groups in total. The summed E-state index contributed by atoms with van der Waals surface area (Å²) in [6, 6.07) is 16.3. The number of nitrogens with one attached hydrogen (secondary N) is 1. The Hall–Kier alpha value is -3.85. The van der Waals surface area contributed by atoms with Gasteiger partial charge in [0.1, 0.15) is 11.9 Å². The minimum absolute atomic E-state index is 0.000154. The molecule has 1 saturated heterocycles. The van der Waals surface area contributed by atoms with Gasteiger partial charge in [-0.2, -0.15) is 0 Å². The molecule has 1 unspecified atom stereocenters. The fourth-order valence-electron chi connectivity index (χ4n) is 3.60. The Morgan fingerprint density at radius 1 is 1.00 bits per heavy atom. The van der Waals surface area contributed by atoms with Gasteiger partial charge in [0.2, 0.25) is 17.7 Å². The molecule has 0 spiro atoms. The standard InChI is InChI=1S/C24H20FN3O4S/c25-17-8-10-18(11-9-17)27-22(30)15-20(24(27)32)28(23(31)14-19-7-4-12-33-19)26-21(29)13-16-5-2-1-3-6-16/h1-12,20H,13-15H2,(H,26,29). The van der Waals surface area contributed by atoms with Gasteiger partial charge in [-0.05, 0) is 41.3 Å². The van der Waals surface area contributed by atoms with E-state index in [1.807, 2.05) is 11.4 Å². The van der Waals surface area contributed by atoms with E-state index in [0.717, 1.165) is 32.5 Å². The van der Waals surface area contributed by atoms with Gasteiger partial charge in [-0.25, -0.2) is 14.3 Å². The van der Waals surface area contributed by atoms with Crippen LogP contribution in [-0.4, -0.2) is 34.7 Å². The second-order valence-corrected chi connectivity index (χ2v) is 8.51. The van der Waals surface area contributed by atoms with Crippen molar-refractivity contribution in [3.8, 4) is 0 Å². The summed E-state index contributed by atoms with van der Waals surface area (Å²) >= 11 is 1.37. The van der Waals surface area contributed by atoms with Crippen LogP contribution in [0.5, 0.6) is 0 Å². The first-order chi connectivity index (χ1) is 15.9. The molecular weight excluding hydrogens is 445 g/mol. The average Bonchev–Trinajstić information content (AvgIpc) is 3.41. The molecule has 1 aromatic heterocycles. The van der Waals surface area contributed by atoms with E-state index in [1.54, 1.807) is 36.4 Å². The van der Waals surface area contributed by atoms with Crippen LogP contribution in [0.2, 0.25) is 0 Å². The molecule has 2 aromatic carbocycles. The van der Waals surface area contributed by atoms with E-state index in [1.165, 1.54) is 23.5 Å². The van der Waals surface area contributed by atoms with Gasteiger partial charge in [0.15, 0.2) is 0 Å². The third-order valence-electron chi connectivity index (χ3n) is 5.15.